The van der Waals surface area contributed by atoms with Crippen molar-refractivity contribution in [3.63, 3.8) is 0 Å². The molecular weight excluding hydrogens is 561 g/mol. The Morgan fingerprint density at radius 2 is 2.00 bits per heavy atom. The Hall–Kier alpha value is -3.41. The fourth-order valence-electron chi connectivity index (χ4n) is 7.13. The molecule has 2 saturated carbocycles. The number of aromatic nitrogens is 2. The number of nitrogens with one attached hydrogen (secondary N) is 2. The van der Waals surface area contributed by atoms with Gasteiger partial charge in [-0.25, -0.2) is 9.97 Å². The first-order valence-electron chi connectivity index (χ1n) is 15.1. The average Bonchev–Trinajstić information content (AvgIpc) is 3.68. The molecule has 2 heterocycles. The van der Waals surface area contributed by atoms with Crippen molar-refractivity contribution >= 4 is 24.0 Å². The van der Waals surface area contributed by atoms with E-state index in [4.69, 9.17) is 4.74 Å². The van der Waals surface area contributed by atoms with E-state index in [1.165, 1.54) is 7.11 Å². The number of hydrogen-bond donors (Lipinski definition) is 2. The second-order valence-corrected chi connectivity index (χ2v) is 12.3. The second kappa shape index (κ2) is 12.7. The van der Waals surface area contributed by atoms with E-state index in [0.29, 0.717) is 23.4 Å². The van der Waals surface area contributed by atoms with Gasteiger partial charge in [-0.1, -0.05) is 12.8 Å². The molecule has 1 unspecified atom stereocenters. The van der Waals surface area contributed by atoms with Crippen molar-refractivity contribution in [3.8, 4) is 5.75 Å². The maximum absolute atomic E-state index is 13.9. The van der Waals surface area contributed by atoms with Crippen LogP contribution in [0.2, 0.25) is 0 Å². The lowest BCUT2D eigenvalue weighted by atomic mass is 9.78. The van der Waals surface area contributed by atoms with Gasteiger partial charge in [-0.3, -0.25) is 9.59 Å². The van der Waals surface area contributed by atoms with Gasteiger partial charge < -0.3 is 25.2 Å². The molecule has 2 N–H and O–H groups in total. The summed E-state index contributed by atoms with van der Waals surface area (Å²) in [5.41, 5.74) is -0.0426. The zero-order valence-corrected chi connectivity index (χ0v) is 25.0. The van der Waals surface area contributed by atoms with Gasteiger partial charge in [0, 0.05) is 30.9 Å². The first-order valence-corrected chi connectivity index (χ1v) is 15.1. The number of anilines is 2. The quantitative estimate of drug-likeness (QED) is 0.368. The van der Waals surface area contributed by atoms with Crippen LogP contribution in [0.1, 0.15) is 73.0 Å². The number of hydrogen-bond acceptors (Lipinski definition) is 7. The molecular formula is C31H41F3N6O3. The lowest BCUT2D eigenvalue weighted by Crippen LogP contribution is -2.43. The summed E-state index contributed by atoms with van der Waals surface area (Å²) in [4.78, 5) is 36.6. The molecule has 1 aliphatic heterocycles. The molecule has 234 valence electrons. The van der Waals surface area contributed by atoms with Gasteiger partial charge in [0.05, 0.1) is 24.1 Å². The van der Waals surface area contributed by atoms with Gasteiger partial charge in [-0.2, -0.15) is 13.2 Å². The number of piperidine rings is 1. The van der Waals surface area contributed by atoms with Crippen LogP contribution < -0.4 is 15.4 Å². The molecule has 1 spiro atoms. The third-order valence-corrected chi connectivity index (χ3v) is 9.64. The van der Waals surface area contributed by atoms with E-state index < -0.39 is 11.7 Å². The minimum atomic E-state index is -4.58. The summed E-state index contributed by atoms with van der Waals surface area (Å²) in [6.45, 7) is 1.84. The van der Waals surface area contributed by atoms with Crippen molar-refractivity contribution in [1.82, 2.24) is 25.1 Å². The molecule has 1 aromatic carbocycles. The number of nitrogens with zero attached hydrogens (tertiary/aromatic N) is 4. The molecule has 3 aliphatic rings. The molecule has 2 aromatic rings. The average molecular weight is 603 g/mol. The van der Waals surface area contributed by atoms with Crippen LogP contribution in [0.3, 0.4) is 0 Å². The van der Waals surface area contributed by atoms with Crippen molar-refractivity contribution in [2.24, 2.45) is 11.3 Å². The summed E-state index contributed by atoms with van der Waals surface area (Å²) in [6, 6.07) is 5.12. The van der Waals surface area contributed by atoms with Crippen molar-refractivity contribution in [2.45, 2.75) is 76.0 Å². The summed E-state index contributed by atoms with van der Waals surface area (Å²) in [7, 11) is 5.32. The van der Waals surface area contributed by atoms with Crippen LogP contribution in [-0.4, -0.2) is 78.5 Å². The lowest BCUT2D eigenvalue weighted by Gasteiger charge is -2.37. The number of halogens is 3. The van der Waals surface area contributed by atoms with Crippen LogP contribution in [0.25, 0.3) is 0 Å². The largest absolute Gasteiger partial charge is 0.495 e. The normalized spacial score (nSPS) is 24.4. The minimum Gasteiger partial charge on any atom is -0.495 e. The molecule has 0 radical (unpaired) electrons. The monoisotopic (exact) mass is 602 g/mol. The smallest absolute Gasteiger partial charge is 0.419 e. The van der Waals surface area contributed by atoms with Crippen LogP contribution in [0.5, 0.6) is 5.75 Å². The number of aryl methyl sites for hydroxylation is 1. The van der Waals surface area contributed by atoms with E-state index in [1.807, 2.05) is 0 Å². The summed E-state index contributed by atoms with van der Waals surface area (Å²) < 4.78 is 47.3. The SMILES string of the molecule is COc1cc(C(=O)NC2CCN(C)CC2)ccc1Nc1ncc(C(F)(F)F)c(CC[C@H]2C[C@@]23CCCCC3N(C)C=O)n1. The van der Waals surface area contributed by atoms with Gasteiger partial charge in [0.25, 0.3) is 5.91 Å². The van der Waals surface area contributed by atoms with E-state index in [9.17, 15) is 22.8 Å². The first-order chi connectivity index (χ1) is 20.5. The van der Waals surface area contributed by atoms with Gasteiger partial charge in [0.15, 0.2) is 0 Å². The number of rotatable bonds is 10. The molecule has 43 heavy (non-hydrogen) atoms. The van der Waals surface area contributed by atoms with Crippen molar-refractivity contribution in [2.75, 3.05) is 39.6 Å². The molecule has 1 aromatic heterocycles. The Morgan fingerprint density at radius 1 is 1.23 bits per heavy atom. The zero-order chi connectivity index (χ0) is 30.8. The van der Waals surface area contributed by atoms with Gasteiger partial charge in [-0.15, -0.1) is 0 Å². The molecule has 2 aliphatic carbocycles. The Bertz CT molecular complexity index is 1320. The summed E-state index contributed by atoms with van der Waals surface area (Å²) >= 11 is 0. The molecule has 3 atom stereocenters. The Balaban J connectivity index is 1.29. The van der Waals surface area contributed by atoms with Gasteiger partial charge in [0.1, 0.15) is 5.75 Å². The standard InChI is InChI=1S/C31H41F3N6O3/c1-39-14-11-22(12-15-39)36-28(42)20-7-9-25(26(16-20)43-3)38-29-35-18-23(31(32,33)34)24(37-29)10-8-21-17-30(21)13-5-4-6-27(30)40(2)19-41/h7,9,16,18-19,21-22,27H,4-6,8,10-15,17H2,1-3H3,(H,36,42)(H,35,37,38)/t21-,27?,30-/m0/s1. The first kappa shape index (κ1) is 31.0. The van der Waals surface area contributed by atoms with E-state index in [0.717, 1.165) is 70.6 Å². The Kier molecular flexibility index (Phi) is 9.15. The fraction of sp³-hybridized carbons (Fsp3) is 0.613. The predicted octanol–water partition coefficient (Wildman–Crippen LogP) is 5.04. The number of benzene rings is 1. The van der Waals surface area contributed by atoms with Gasteiger partial charge in [0.2, 0.25) is 12.4 Å². The summed E-state index contributed by atoms with van der Waals surface area (Å²) in [5.74, 6) is 0.418. The topological polar surface area (TPSA) is 99.7 Å². The van der Waals surface area contributed by atoms with Crippen LogP contribution in [-0.2, 0) is 17.4 Å². The van der Waals surface area contributed by atoms with Crippen LogP contribution in [0.15, 0.2) is 24.4 Å². The number of carbonyl (C=O) groups is 2. The molecule has 1 saturated heterocycles. The van der Waals surface area contributed by atoms with E-state index in [-0.39, 0.29) is 47.4 Å². The fourth-order valence-corrected chi connectivity index (χ4v) is 7.13. The van der Waals surface area contributed by atoms with E-state index in [1.54, 1.807) is 30.1 Å². The second-order valence-electron chi connectivity index (χ2n) is 12.3. The number of amides is 2. The molecule has 3 fully saturated rings. The third-order valence-electron chi connectivity index (χ3n) is 9.64. The minimum absolute atomic E-state index is 0.00481. The summed E-state index contributed by atoms with van der Waals surface area (Å²) in [6.07, 6.45) is 4.57. The number of methoxy groups -OCH3 is 1. The number of carbonyl (C=O) groups excluding carboxylic acids is 2. The third kappa shape index (κ3) is 6.89. The van der Waals surface area contributed by atoms with Crippen LogP contribution in [0.4, 0.5) is 24.8 Å². The highest BCUT2D eigenvalue weighted by atomic mass is 19.4. The number of ether oxygens (including phenoxy) is 1. The maximum Gasteiger partial charge on any atom is 0.419 e. The van der Waals surface area contributed by atoms with E-state index in [2.05, 4.69) is 32.5 Å². The molecule has 5 rings (SSSR count). The molecule has 2 amide bonds. The van der Waals surface area contributed by atoms with Crippen LogP contribution in [0, 0.1) is 11.3 Å². The van der Waals surface area contributed by atoms with E-state index >= 15 is 0 Å². The Morgan fingerprint density at radius 3 is 2.70 bits per heavy atom. The van der Waals surface area contributed by atoms with Crippen molar-refractivity contribution in [1.29, 1.82) is 0 Å². The highest BCUT2D eigenvalue weighted by molar-refractivity contribution is 5.95. The van der Waals surface area contributed by atoms with Crippen molar-refractivity contribution < 1.29 is 27.5 Å². The zero-order valence-electron chi connectivity index (χ0n) is 25.0. The Labute approximate surface area is 250 Å². The summed E-state index contributed by atoms with van der Waals surface area (Å²) in [5, 5.41) is 6.06. The van der Waals surface area contributed by atoms with Gasteiger partial charge in [-0.05, 0) is 94.6 Å². The van der Waals surface area contributed by atoms with Crippen molar-refractivity contribution in [3.05, 3.63) is 41.2 Å². The molecule has 0 bridgehead atoms. The molecule has 9 nitrogen and oxygen atoms in total. The van der Waals surface area contributed by atoms with Gasteiger partial charge >= 0.3 is 6.18 Å². The lowest BCUT2D eigenvalue weighted by molar-refractivity contribution is -0.138. The predicted molar refractivity (Wildman–Crippen MR) is 156 cm³/mol. The van der Waals surface area contributed by atoms with Crippen LogP contribution >= 0.6 is 0 Å². The number of likely N-dealkylation sites (tertiary alicyclic amines) is 1. The highest BCUT2D eigenvalue weighted by Crippen LogP contribution is 2.64. The highest BCUT2D eigenvalue weighted by Gasteiger charge is 2.59. The number of alkyl halides is 3. The maximum atomic E-state index is 13.9. The molecule has 12 heteroatoms.